The number of allylic oxidation sites excluding steroid dienone is 1. The summed E-state index contributed by atoms with van der Waals surface area (Å²) in [6.07, 6.45) is 7.06. The molecule has 0 aromatic rings. The quantitative estimate of drug-likeness (QED) is 0.461. The molecule has 1 rings (SSSR count). The van der Waals surface area contributed by atoms with Crippen molar-refractivity contribution in [2.24, 2.45) is 0 Å². The van der Waals surface area contributed by atoms with E-state index in [4.69, 9.17) is 4.74 Å². The van der Waals surface area contributed by atoms with Gasteiger partial charge >= 0.3 is 0 Å². The average molecular weight is 168 g/mol. The van der Waals surface area contributed by atoms with E-state index in [2.05, 4.69) is 13.2 Å². The van der Waals surface area contributed by atoms with Gasteiger partial charge in [0.1, 0.15) is 5.76 Å². The molecule has 0 atom stereocenters. The Morgan fingerprint density at radius 1 is 1.33 bits per heavy atom. The van der Waals surface area contributed by atoms with Gasteiger partial charge in [-0.15, -0.1) is 0 Å². The Bertz CT molecular complexity index is 132. The van der Waals surface area contributed by atoms with Crippen LogP contribution in [-0.2, 0) is 4.74 Å². The fraction of sp³-hybridized carbons (Fsp3) is 0.636. The molecule has 0 bridgehead atoms. The van der Waals surface area contributed by atoms with Crippen LogP contribution in [0.25, 0.3) is 0 Å². The van der Waals surface area contributed by atoms with Crippen molar-refractivity contribution in [3.63, 3.8) is 0 Å². The van der Waals surface area contributed by atoms with E-state index in [1.54, 1.807) is 6.08 Å². The topological polar surface area (TPSA) is 9.23 Å². The van der Waals surface area contributed by atoms with Gasteiger partial charge in [-0.25, -0.2) is 0 Å². The van der Waals surface area contributed by atoms with E-state index in [0.717, 1.165) is 0 Å². The highest BCUT2D eigenvalue weighted by Gasteiger charge is 2.15. The minimum Gasteiger partial charge on any atom is -0.491 e. The van der Waals surface area contributed by atoms with Crippen molar-refractivity contribution in [3.8, 4) is 0 Å². The minimum absolute atomic E-state index is 0.422. The highest BCUT2D eigenvalue weighted by Crippen LogP contribution is 2.22. The summed E-state index contributed by atoms with van der Waals surface area (Å²) in [6.45, 7) is 11.3. The lowest BCUT2D eigenvalue weighted by Crippen LogP contribution is -2.04. The number of ether oxygens (including phenoxy) is 1. The summed E-state index contributed by atoms with van der Waals surface area (Å²) in [5, 5.41) is 0. The minimum atomic E-state index is 0.422. The van der Waals surface area contributed by atoms with Crippen LogP contribution in [0.2, 0.25) is 0 Å². The van der Waals surface area contributed by atoms with Crippen LogP contribution < -0.4 is 0 Å². The van der Waals surface area contributed by atoms with Gasteiger partial charge in [0.2, 0.25) is 0 Å². The van der Waals surface area contributed by atoms with Crippen molar-refractivity contribution in [3.05, 3.63) is 25.0 Å². The smallest absolute Gasteiger partial charge is 0.111 e. The largest absolute Gasteiger partial charge is 0.491 e. The molecule has 1 saturated carbocycles. The molecule has 0 N–H and O–H groups in total. The zero-order chi connectivity index (χ0) is 9.40. The summed E-state index contributed by atoms with van der Waals surface area (Å²) in [7, 11) is 0. The summed E-state index contributed by atoms with van der Waals surface area (Å²) >= 11 is 0. The molecule has 1 heteroatoms. The average Bonchev–Trinajstić information content (AvgIpc) is 2.60. The van der Waals surface area contributed by atoms with Crippen molar-refractivity contribution in [2.75, 3.05) is 0 Å². The maximum atomic E-state index is 5.45. The van der Waals surface area contributed by atoms with Gasteiger partial charge in [-0.3, -0.25) is 0 Å². The SMILES string of the molecule is C=CC(=C)OC1CCCC1.CC. The first-order chi connectivity index (χ1) is 5.83. The van der Waals surface area contributed by atoms with Crippen molar-refractivity contribution < 1.29 is 4.74 Å². The van der Waals surface area contributed by atoms with Gasteiger partial charge in [0, 0.05) is 0 Å². The van der Waals surface area contributed by atoms with Crippen LogP contribution in [0.5, 0.6) is 0 Å². The maximum Gasteiger partial charge on any atom is 0.111 e. The van der Waals surface area contributed by atoms with Gasteiger partial charge in [0.15, 0.2) is 0 Å². The Hall–Kier alpha value is -0.720. The number of hydrogen-bond acceptors (Lipinski definition) is 1. The summed E-state index contributed by atoms with van der Waals surface area (Å²) < 4.78 is 5.45. The number of hydrogen-bond donors (Lipinski definition) is 0. The highest BCUT2D eigenvalue weighted by atomic mass is 16.5. The Morgan fingerprint density at radius 2 is 1.83 bits per heavy atom. The molecule has 0 aromatic carbocycles. The van der Waals surface area contributed by atoms with Crippen LogP contribution in [0.3, 0.4) is 0 Å². The molecule has 70 valence electrons. The van der Waals surface area contributed by atoms with Gasteiger partial charge in [-0.2, -0.15) is 0 Å². The fourth-order valence-corrected chi connectivity index (χ4v) is 1.27. The lowest BCUT2D eigenvalue weighted by atomic mass is 10.3. The lowest BCUT2D eigenvalue weighted by molar-refractivity contribution is 0.132. The third-order valence-electron chi connectivity index (χ3n) is 1.85. The second kappa shape index (κ2) is 6.96. The first-order valence-corrected chi connectivity index (χ1v) is 4.81. The summed E-state index contributed by atoms with van der Waals surface area (Å²) in [5.74, 6) is 0.715. The third-order valence-corrected chi connectivity index (χ3v) is 1.85. The third kappa shape index (κ3) is 4.22. The van der Waals surface area contributed by atoms with Gasteiger partial charge < -0.3 is 4.74 Å². The molecule has 1 nitrogen and oxygen atoms in total. The first-order valence-electron chi connectivity index (χ1n) is 4.81. The molecule has 0 saturated heterocycles. The van der Waals surface area contributed by atoms with Crippen molar-refractivity contribution in [2.45, 2.75) is 45.6 Å². The van der Waals surface area contributed by atoms with Gasteiger partial charge in [0.25, 0.3) is 0 Å². The molecule has 0 spiro atoms. The van der Waals surface area contributed by atoms with E-state index in [1.807, 2.05) is 13.8 Å². The van der Waals surface area contributed by atoms with Crippen molar-refractivity contribution in [1.82, 2.24) is 0 Å². The lowest BCUT2D eigenvalue weighted by Gasteiger charge is -2.11. The molecule has 0 heterocycles. The van der Waals surface area contributed by atoms with Gasteiger partial charge in [-0.1, -0.05) is 27.0 Å². The van der Waals surface area contributed by atoms with Gasteiger partial charge in [-0.05, 0) is 31.8 Å². The molecule has 0 aliphatic heterocycles. The highest BCUT2D eigenvalue weighted by molar-refractivity contribution is 5.02. The predicted octanol–water partition coefficient (Wildman–Crippen LogP) is 3.67. The van der Waals surface area contributed by atoms with Crippen LogP contribution >= 0.6 is 0 Å². The zero-order valence-electron chi connectivity index (χ0n) is 8.31. The van der Waals surface area contributed by atoms with E-state index >= 15 is 0 Å². The molecule has 0 amide bonds. The molecule has 1 aliphatic rings. The van der Waals surface area contributed by atoms with Gasteiger partial charge in [0.05, 0.1) is 6.10 Å². The Kier molecular flexibility index (Phi) is 6.54. The van der Waals surface area contributed by atoms with Crippen molar-refractivity contribution >= 4 is 0 Å². The van der Waals surface area contributed by atoms with Crippen LogP contribution in [0.15, 0.2) is 25.0 Å². The van der Waals surface area contributed by atoms with Crippen LogP contribution in [0, 0.1) is 0 Å². The van der Waals surface area contributed by atoms with Crippen LogP contribution in [0.1, 0.15) is 39.5 Å². The maximum absolute atomic E-state index is 5.45. The summed E-state index contributed by atoms with van der Waals surface area (Å²) in [5.41, 5.74) is 0. The molecule has 1 fully saturated rings. The molecule has 0 aromatic heterocycles. The van der Waals surface area contributed by atoms with Crippen LogP contribution in [-0.4, -0.2) is 6.10 Å². The first kappa shape index (κ1) is 11.3. The van der Waals surface area contributed by atoms with Crippen LogP contribution in [0.4, 0.5) is 0 Å². The standard InChI is InChI=1S/C9H14O.C2H6/c1-3-8(2)10-9-6-4-5-7-9;1-2/h3,9H,1-2,4-7H2;1-2H3. The second-order valence-corrected chi connectivity index (χ2v) is 2.69. The summed E-state index contributed by atoms with van der Waals surface area (Å²) in [6, 6.07) is 0. The normalized spacial score (nSPS) is 16.2. The Balaban J connectivity index is 0.000000561. The Morgan fingerprint density at radius 3 is 2.25 bits per heavy atom. The van der Waals surface area contributed by atoms with E-state index in [9.17, 15) is 0 Å². The monoisotopic (exact) mass is 168 g/mol. The van der Waals surface area contributed by atoms with E-state index in [0.29, 0.717) is 11.9 Å². The van der Waals surface area contributed by atoms with E-state index in [-0.39, 0.29) is 0 Å². The van der Waals surface area contributed by atoms with Crippen molar-refractivity contribution in [1.29, 1.82) is 0 Å². The second-order valence-electron chi connectivity index (χ2n) is 2.69. The molecular weight excluding hydrogens is 148 g/mol. The fourth-order valence-electron chi connectivity index (χ4n) is 1.27. The molecule has 0 radical (unpaired) electrons. The van der Waals surface area contributed by atoms with E-state index < -0.39 is 0 Å². The van der Waals surface area contributed by atoms with E-state index in [1.165, 1.54) is 25.7 Å². The molecule has 0 unspecified atom stereocenters. The zero-order valence-corrected chi connectivity index (χ0v) is 8.31. The predicted molar refractivity (Wildman–Crippen MR) is 54.0 cm³/mol. The molecular formula is C11H20O. The Labute approximate surface area is 76.1 Å². The number of rotatable bonds is 3. The molecule has 1 aliphatic carbocycles. The molecule has 12 heavy (non-hydrogen) atoms. The summed E-state index contributed by atoms with van der Waals surface area (Å²) in [4.78, 5) is 0.